The van der Waals surface area contributed by atoms with Crippen molar-refractivity contribution in [2.75, 3.05) is 0 Å². The molecule has 0 saturated carbocycles. The summed E-state index contributed by atoms with van der Waals surface area (Å²) in [7, 11) is 0. The van der Waals surface area contributed by atoms with Gasteiger partial charge in [-0.3, -0.25) is 4.79 Å². The molecule has 0 spiro atoms. The lowest BCUT2D eigenvalue weighted by Gasteiger charge is -2.14. The van der Waals surface area contributed by atoms with E-state index in [-0.39, 0.29) is 10.6 Å². The Morgan fingerprint density at radius 2 is 2.00 bits per heavy atom. The Balaban J connectivity index is 2.87. The quantitative estimate of drug-likeness (QED) is 0.562. The van der Waals surface area contributed by atoms with Crippen LogP contribution in [0.3, 0.4) is 0 Å². The molecule has 4 N–H and O–H groups in total. The number of nitrogens with zero attached hydrogens (tertiary/aromatic N) is 1. The summed E-state index contributed by atoms with van der Waals surface area (Å²) in [6.45, 7) is 0. The zero-order valence-corrected chi connectivity index (χ0v) is 8.72. The fourth-order valence-electron chi connectivity index (χ4n) is 1.09. The van der Waals surface area contributed by atoms with Gasteiger partial charge in [-0.05, 0) is 0 Å². The van der Waals surface area contributed by atoms with Gasteiger partial charge in [0.15, 0.2) is 5.69 Å². The summed E-state index contributed by atoms with van der Waals surface area (Å²) in [6, 6.07) is 0. The van der Waals surface area contributed by atoms with Gasteiger partial charge in [0.05, 0.1) is 22.9 Å². The lowest BCUT2D eigenvalue weighted by molar-refractivity contribution is -0.141. The molecule has 16 heavy (non-hydrogen) atoms. The highest BCUT2D eigenvalue weighted by molar-refractivity contribution is 7.10. The molecule has 1 rings (SSSR count). The largest absolute Gasteiger partial charge is 0.481 e. The summed E-state index contributed by atoms with van der Waals surface area (Å²) in [6.07, 6.45) is -3.79. The number of carbonyl (C=O) groups is 2. The molecule has 88 valence electrons. The summed E-state index contributed by atoms with van der Waals surface area (Å²) in [5, 5.41) is 36.0. The predicted molar refractivity (Wildman–Crippen MR) is 52.3 cm³/mol. The lowest BCUT2D eigenvalue weighted by Crippen LogP contribution is -2.22. The minimum absolute atomic E-state index is 0.0544. The monoisotopic (exact) mass is 247 g/mol. The van der Waals surface area contributed by atoms with E-state index in [0.29, 0.717) is 0 Å². The Hall–Kier alpha value is -1.51. The smallest absolute Gasteiger partial charge is 0.355 e. The highest BCUT2D eigenvalue weighted by Crippen LogP contribution is 2.26. The van der Waals surface area contributed by atoms with Crippen molar-refractivity contribution in [3.63, 3.8) is 0 Å². The number of aromatic carboxylic acids is 1. The van der Waals surface area contributed by atoms with Crippen LogP contribution in [0.2, 0.25) is 0 Å². The summed E-state index contributed by atoms with van der Waals surface area (Å²) in [5.74, 6) is -2.62. The summed E-state index contributed by atoms with van der Waals surface area (Å²) in [5.41, 5.74) is 0.831. The van der Waals surface area contributed by atoms with Gasteiger partial charge in [0.1, 0.15) is 6.10 Å². The third-order valence-corrected chi connectivity index (χ3v) is 2.71. The Morgan fingerprint density at radius 1 is 1.38 bits per heavy atom. The average Bonchev–Trinajstić information content (AvgIpc) is 2.63. The molecule has 2 atom stereocenters. The Morgan fingerprint density at radius 3 is 2.50 bits per heavy atom. The van der Waals surface area contributed by atoms with Gasteiger partial charge in [-0.15, -0.1) is 11.3 Å². The van der Waals surface area contributed by atoms with E-state index in [9.17, 15) is 19.8 Å². The number of aliphatic hydroxyl groups excluding tert-OH is 2. The van der Waals surface area contributed by atoms with Crippen LogP contribution in [0.15, 0.2) is 5.51 Å². The topological polar surface area (TPSA) is 128 Å². The van der Waals surface area contributed by atoms with Crippen LogP contribution in [0.4, 0.5) is 0 Å². The van der Waals surface area contributed by atoms with E-state index in [1.54, 1.807) is 0 Å². The number of hydrogen-bond acceptors (Lipinski definition) is 6. The van der Waals surface area contributed by atoms with Gasteiger partial charge in [0.25, 0.3) is 0 Å². The van der Waals surface area contributed by atoms with Gasteiger partial charge in [0, 0.05) is 0 Å². The van der Waals surface area contributed by atoms with Gasteiger partial charge in [0.2, 0.25) is 0 Å². The molecule has 1 heterocycles. The number of carboxylic acid groups (broad SMARTS) is 2. The van der Waals surface area contributed by atoms with Crippen LogP contribution in [0.1, 0.15) is 27.9 Å². The fourth-order valence-corrected chi connectivity index (χ4v) is 1.91. The van der Waals surface area contributed by atoms with E-state index in [1.165, 1.54) is 5.51 Å². The van der Waals surface area contributed by atoms with E-state index >= 15 is 0 Å². The maximum absolute atomic E-state index is 10.7. The molecule has 1 aromatic heterocycles. The second-order valence-electron chi connectivity index (χ2n) is 2.98. The number of aliphatic hydroxyl groups is 2. The van der Waals surface area contributed by atoms with Crippen molar-refractivity contribution >= 4 is 23.3 Å². The first-order valence-electron chi connectivity index (χ1n) is 4.18. The molecular formula is C8H9NO6S. The molecule has 0 saturated heterocycles. The zero-order valence-electron chi connectivity index (χ0n) is 7.90. The first-order valence-corrected chi connectivity index (χ1v) is 5.06. The van der Waals surface area contributed by atoms with Crippen molar-refractivity contribution in [1.29, 1.82) is 0 Å². The summed E-state index contributed by atoms with van der Waals surface area (Å²) >= 11 is 0.847. The Labute approximate surface area is 93.6 Å². The molecule has 0 fully saturated rings. The SMILES string of the molecule is O=C(O)CC(O)C(O)c1scnc1C(=O)O. The van der Waals surface area contributed by atoms with E-state index in [4.69, 9.17) is 10.2 Å². The molecule has 0 aromatic carbocycles. The molecule has 0 aliphatic carbocycles. The van der Waals surface area contributed by atoms with Crippen LogP contribution in [-0.4, -0.2) is 43.5 Å². The van der Waals surface area contributed by atoms with Crippen molar-refractivity contribution in [3.8, 4) is 0 Å². The minimum atomic E-state index is -1.56. The number of hydrogen-bond donors (Lipinski definition) is 4. The second kappa shape index (κ2) is 5.01. The molecule has 0 amide bonds. The average molecular weight is 247 g/mol. The highest BCUT2D eigenvalue weighted by atomic mass is 32.1. The first kappa shape index (κ1) is 12.6. The zero-order chi connectivity index (χ0) is 12.3. The molecule has 1 aromatic rings. The summed E-state index contributed by atoms with van der Waals surface area (Å²) in [4.78, 5) is 24.4. The number of carboxylic acids is 2. The van der Waals surface area contributed by atoms with Crippen molar-refractivity contribution in [2.24, 2.45) is 0 Å². The van der Waals surface area contributed by atoms with E-state index in [2.05, 4.69) is 4.98 Å². The van der Waals surface area contributed by atoms with Gasteiger partial charge in [-0.1, -0.05) is 0 Å². The maximum atomic E-state index is 10.7. The van der Waals surface area contributed by atoms with Gasteiger partial charge < -0.3 is 20.4 Å². The number of thiazole rings is 1. The molecule has 0 aliphatic rings. The van der Waals surface area contributed by atoms with Crippen LogP contribution in [0.25, 0.3) is 0 Å². The van der Waals surface area contributed by atoms with Crippen molar-refractivity contribution in [2.45, 2.75) is 18.6 Å². The Bertz CT molecular complexity index is 403. The third kappa shape index (κ3) is 2.75. The molecule has 0 bridgehead atoms. The van der Waals surface area contributed by atoms with Gasteiger partial charge in [-0.25, -0.2) is 9.78 Å². The van der Waals surface area contributed by atoms with Crippen molar-refractivity contribution in [3.05, 3.63) is 16.1 Å². The molecular weight excluding hydrogens is 238 g/mol. The number of aromatic nitrogens is 1. The van der Waals surface area contributed by atoms with Gasteiger partial charge in [-0.2, -0.15) is 0 Å². The van der Waals surface area contributed by atoms with E-state index < -0.39 is 30.6 Å². The third-order valence-electron chi connectivity index (χ3n) is 1.81. The standard InChI is InChI=1S/C8H9NO6S/c10-3(1-4(11)12)6(13)7-5(8(14)15)9-2-16-7/h2-3,6,10,13H,1H2,(H,11,12)(H,14,15). The normalized spacial score (nSPS) is 14.4. The first-order chi connectivity index (χ1) is 7.43. The van der Waals surface area contributed by atoms with Crippen molar-refractivity contribution < 1.29 is 30.0 Å². The molecule has 7 nitrogen and oxygen atoms in total. The second-order valence-corrected chi connectivity index (χ2v) is 3.87. The molecule has 0 radical (unpaired) electrons. The fraction of sp³-hybridized carbons (Fsp3) is 0.375. The van der Waals surface area contributed by atoms with E-state index in [0.717, 1.165) is 11.3 Å². The number of rotatable bonds is 5. The van der Waals surface area contributed by atoms with Crippen LogP contribution >= 0.6 is 11.3 Å². The molecule has 8 heteroatoms. The molecule has 0 aliphatic heterocycles. The van der Waals surface area contributed by atoms with E-state index in [1.807, 2.05) is 0 Å². The van der Waals surface area contributed by atoms with Crippen LogP contribution in [0, 0.1) is 0 Å². The highest BCUT2D eigenvalue weighted by Gasteiger charge is 2.27. The maximum Gasteiger partial charge on any atom is 0.355 e. The van der Waals surface area contributed by atoms with Crippen LogP contribution in [-0.2, 0) is 4.79 Å². The van der Waals surface area contributed by atoms with Gasteiger partial charge >= 0.3 is 11.9 Å². The summed E-state index contributed by atoms with van der Waals surface area (Å²) < 4.78 is 0. The predicted octanol–water partition coefficient (Wildman–Crippen LogP) is -0.290. The number of aliphatic carboxylic acids is 1. The lowest BCUT2D eigenvalue weighted by atomic mass is 10.1. The van der Waals surface area contributed by atoms with Crippen LogP contribution in [0.5, 0.6) is 0 Å². The Kier molecular flexibility index (Phi) is 3.93. The minimum Gasteiger partial charge on any atom is -0.481 e. The van der Waals surface area contributed by atoms with Crippen molar-refractivity contribution in [1.82, 2.24) is 4.98 Å². The van der Waals surface area contributed by atoms with Crippen LogP contribution < -0.4 is 0 Å². The molecule has 2 unspecified atom stereocenters.